The van der Waals surface area contributed by atoms with Crippen LogP contribution in [0.25, 0.3) is 22.6 Å². The molecule has 0 saturated carbocycles. The number of amides is 1. The molecule has 0 fully saturated rings. The SMILES string of the molecule is O=C(CSc1nnc(-c2cccc(Cl)c2)o1)Nc1ccc(-c2ccccc2)cc1. The molecule has 0 unspecified atom stereocenters. The number of hydrogen-bond donors (Lipinski definition) is 1. The second-order valence-electron chi connectivity index (χ2n) is 6.16. The van der Waals surface area contributed by atoms with Crippen LogP contribution in [-0.4, -0.2) is 21.9 Å². The molecule has 7 heteroatoms. The lowest BCUT2D eigenvalue weighted by molar-refractivity contribution is -0.113. The van der Waals surface area contributed by atoms with Crippen molar-refractivity contribution in [2.24, 2.45) is 0 Å². The van der Waals surface area contributed by atoms with E-state index >= 15 is 0 Å². The van der Waals surface area contributed by atoms with Crippen LogP contribution in [0.1, 0.15) is 0 Å². The van der Waals surface area contributed by atoms with E-state index in [0.29, 0.717) is 16.1 Å². The molecule has 1 N–H and O–H groups in total. The number of carbonyl (C=O) groups excluding carboxylic acids is 1. The van der Waals surface area contributed by atoms with Gasteiger partial charge >= 0.3 is 0 Å². The zero-order valence-corrected chi connectivity index (χ0v) is 16.8. The van der Waals surface area contributed by atoms with Gasteiger partial charge in [-0.05, 0) is 41.5 Å². The van der Waals surface area contributed by atoms with Crippen LogP contribution < -0.4 is 5.32 Å². The van der Waals surface area contributed by atoms with Crippen molar-refractivity contribution in [3.63, 3.8) is 0 Å². The lowest BCUT2D eigenvalue weighted by Gasteiger charge is -2.06. The van der Waals surface area contributed by atoms with Gasteiger partial charge in [0.05, 0.1) is 5.75 Å². The Morgan fingerprint density at radius 1 is 0.897 bits per heavy atom. The summed E-state index contributed by atoms with van der Waals surface area (Å²) in [5.74, 6) is 0.384. The average Bonchev–Trinajstić information content (AvgIpc) is 3.23. The smallest absolute Gasteiger partial charge is 0.277 e. The summed E-state index contributed by atoms with van der Waals surface area (Å²) in [4.78, 5) is 12.2. The van der Waals surface area contributed by atoms with Gasteiger partial charge in [-0.15, -0.1) is 10.2 Å². The summed E-state index contributed by atoms with van der Waals surface area (Å²) >= 11 is 7.16. The number of nitrogens with one attached hydrogen (secondary N) is 1. The van der Waals surface area contributed by atoms with E-state index in [-0.39, 0.29) is 11.7 Å². The summed E-state index contributed by atoms with van der Waals surface area (Å²) in [6.07, 6.45) is 0. The van der Waals surface area contributed by atoms with Crippen molar-refractivity contribution in [3.8, 4) is 22.6 Å². The molecule has 3 aromatic carbocycles. The van der Waals surface area contributed by atoms with Crippen LogP contribution in [0.3, 0.4) is 0 Å². The maximum atomic E-state index is 12.2. The first-order valence-electron chi connectivity index (χ1n) is 8.85. The third-order valence-electron chi connectivity index (χ3n) is 4.08. The third kappa shape index (κ3) is 5.04. The Morgan fingerprint density at radius 2 is 1.62 bits per heavy atom. The van der Waals surface area contributed by atoms with Gasteiger partial charge in [-0.2, -0.15) is 0 Å². The van der Waals surface area contributed by atoms with Gasteiger partial charge in [-0.25, -0.2) is 0 Å². The molecular formula is C22H16ClN3O2S. The van der Waals surface area contributed by atoms with Crippen molar-refractivity contribution in [2.45, 2.75) is 5.22 Å². The molecule has 0 bridgehead atoms. The largest absolute Gasteiger partial charge is 0.411 e. The van der Waals surface area contributed by atoms with Crippen molar-refractivity contribution < 1.29 is 9.21 Å². The van der Waals surface area contributed by atoms with Gasteiger partial charge in [-0.3, -0.25) is 4.79 Å². The summed E-state index contributed by atoms with van der Waals surface area (Å²) < 4.78 is 5.59. The Balaban J connectivity index is 1.32. The fourth-order valence-electron chi connectivity index (χ4n) is 2.71. The van der Waals surface area contributed by atoms with E-state index in [2.05, 4.69) is 15.5 Å². The fourth-order valence-corrected chi connectivity index (χ4v) is 3.46. The molecule has 0 atom stereocenters. The Morgan fingerprint density at radius 3 is 2.38 bits per heavy atom. The maximum Gasteiger partial charge on any atom is 0.277 e. The van der Waals surface area contributed by atoms with Crippen molar-refractivity contribution >= 4 is 35.0 Å². The highest BCUT2D eigenvalue weighted by Gasteiger charge is 2.12. The molecule has 0 aliphatic heterocycles. The summed E-state index contributed by atoms with van der Waals surface area (Å²) in [5.41, 5.74) is 3.70. The molecule has 1 heterocycles. The number of hydrogen-bond acceptors (Lipinski definition) is 5. The zero-order valence-electron chi connectivity index (χ0n) is 15.2. The molecule has 29 heavy (non-hydrogen) atoms. The third-order valence-corrected chi connectivity index (χ3v) is 5.13. The molecule has 4 rings (SSSR count). The predicted octanol–water partition coefficient (Wildman–Crippen LogP) is 5.79. The highest BCUT2D eigenvalue weighted by molar-refractivity contribution is 7.99. The predicted molar refractivity (Wildman–Crippen MR) is 116 cm³/mol. The van der Waals surface area contributed by atoms with Gasteiger partial charge in [0.15, 0.2) is 0 Å². The number of anilines is 1. The number of halogens is 1. The van der Waals surface area contributed by atoms with E-state index in [4.69, 9.17) is 16.0 Å². The molecule has 144 valence electrons. The maximum absolute atomic E-state index is 12.2. The minimum atomic E-state index is -0.148. The normalized spacial score (nSPS) is 10.7. The molecular weight excluding hydrogens is 406 g/mol. The number of thioether (sulfide) groups is 1. The lowest BCUT2D eigenvalue weighted by Crippen LogP contribution is -2.13. The first kappa shape index (κ1) is 19.2. The number of aromatic nitrogens is 2. The molecule has 0 aliphatic carbocycles. The average molecular weight is 422 g/mol. The molecule has 4 aromatic rings. The second kappa shape index (κ2) is 8.94. The zero-order chi connectivity index (χ0) is 20.1. The summed E-state index contributed by atoms with van der Waals surface area (Å²) in [6.45, 7) is 0. The number of carbonyl (C=O) groups is 1. The molecule has 5 nitrogen and oxygen atoms in total. The van der Waals surface area contributed by atoms with Crippen LogP contribution in [0.5, 0.6) is 0 Å². The van der Waals surface area contributed by atoms with E-state index in [0.717, 1.165) is 22.4 Å². The summed E-state index contributed by atoms with van der Waals surface area (Å²) in [6, 6.07) is 25.0. The van der Waals surface area contributed by atoms with E-state index in [1.807, 2.05) is 66.7 Å². The lowest BCUT2D eigenvalue weighted by atomic mass is 10.1. The summed E-state index contributed by atoms with van der Waals surface area (Å²) in [5, 5.41) is 11.8. The fraction of sp³-hybridized carbons (Fsp3) is 0.0455. The van der Waals surface area contributed by atoms with Crippen LogP contribution >= 0.6 is 23.4 Å². The highest BCUT2D eigenvalue weighted by atomic mass is 35.5. The van der Waals surface area contributed by atoms with Crippen molar-refractivity contribution in [1.29, 1.82) is 0 Å². The van der Waals surface area contributed by atoms with Gasteiger partial charge < -0.3 is 9.73 Å². The van der Waals surface area contributed by atoms with Crippen molar-refractivity contribution in [2.75, 3.05) is 11.1 Å². The van der Waals surface area contributed by atoms with Gasteiger partial charge in [0.25, 0.3) is 5.22 Å². The van der Waals surface area contributed by atoms with Crippen LogP contribution in [0.2, 0.25) is 5.02 Å². The van der Waals surface area contributed by atoms with Gasteiger partial charge in [0.2, 0.25) is 11.8 Å². The first-order chi connectivity index (χ1) is 14.2. The Kier molecular flexibility index (Phi) is 5.93. The van der Waals surface area contributed by atoms with E-state index in [1.165, 1.54) is 11.8 Å². The van der Waals surface area contributed by atoms with Crippen LogP contribution in [0.4, 0.5) is 5.69 Å². The molecule has 0 spiro atoms. The molecule has 1 aromatic heterocycles. The minimum absolute atomic E-state index is 0.148. The van der Waals surface area contributed by atoms with Crippen molar-refractivity contribution in [3.05, 3.63) is 83.9 Å². The van der Waals surface area contributed by atoms with Crippen LogP contribution in [-0.2, 0) is 4.79 Å². The number of benzene rings is 3. The number of nitrogens with zero attached hydrogens (tertiary/aromatic N) is 2. The van der Waals surface area contributed by atoms with Gasteiger partial charge in [0.1, 0.15) is 0 Å². The molecule has 0 aliphatic rings. The minimum Gasteiger partial charge on any atom is -0.411 e. The monoisotopic (exact) mass is 421 g/mol. The van der Waals surface area contributed by atoms with Crippen LogP contribution in [0, 0.1) is 0 Å². The van der Waals surface area contributed by atoms with E-state index in [1.54, 1.807) is 12.1 Å². The first-order valence-corrected chi connectivity index (χ1v) is 10.2. The molecule has 0 saturated heterocycles. The standard InChI is InChI=1S/C22H16ClN3O2S/c23-18-8-4-7-17(13-18)21-25-26-22(28-21)29-14-20(27)24-19-11-9-16(10-12-19)15-5-2-1-3-6-15/h1-13H,14H2,(H,24,27). The van der Waals surface area contributed by atoms with Crippen molar-refractivity contribution in [1.82, 2.24) is 10.2 Å². The summed E-state index contributed by atoms with van der Waals surface area (Å²) in [7, 11) is 0. The van der Waals surface area contributed by atoms with Crippen LogP contribution in [0.15, 0.2) is 88.5 Å². The van der Waals surface area contributed by atoms with Gasteiger partial charge in [0, 0.05) is 16.3 Å². The Hall–Kier alpha value is -3.09. The topological polar surface area (TPSA) is 68.0 Å². The second-order valence-corrected chi connectivity index (χ2v) is 7.53. The highest BCUT2D eigenvalue weighted by Crippen LogP contribution is 2.25. The van der Waals surface area contributed by atoms with E-state index < -0.39 is 0 Å². The molecule has 1 amide bonds. The Labute approximate surface area is 177 Å². The quantitative estimate of drug-likeness (QED) is 0.399. The van der Waals surface area contributed by atoms with E-state index in [9.17, 15) is 4.79 Å². The Bertz CT molecular complexity index is 1110. The number of rotatable bonds is 6. The van der Waals surface area contributed by atoms with Gasteiger partial charge in [-0.1, -0.05) is 71.9 Å². The molecule has 0 radical (unpaired) electrons.